The summed E-state index contributed by atoms with van der Waals surface area (Å²) < 4.78 is 6.05. The number of fused-ring (bicyclic) bond motifs is 1. The van der Waals surface area contributed by atoms with E-state index in [-0.39, 0.29) is 6.04 Å². The van der Waals surface area contributed by atoms with Crippen LogP contribution in [0.25, 0.3) is 22.4 Å². The van der Waals surface area contributed by atoms with Crippen molar-refractivity contribution in [1.29, 1.82) is 0 Å². The SMILES string of the molecule is c1ccc2c(CN3CCCCC3c3nnc(-c4ccsc4)o3)ccnc2c1. The van der Waals surface area contributed by atoms with Gasteiger partial charge in [-0.3, -0.25) is 9.88 Å². The van der Waals surface area contributed by atoms with Crippen LogP contribution in [0.5, 0.6) is 0 Å². The molecule has 136 valence electrons. The van der Waals surface area contributed by atoms with Gasteiger partial charge in [-0.05, 0) is 48.5 Å². The maximum Gasteiger partial charge on any atom is 0.248 e. The quantitative estimate of drug-likeness (QED) is 0.497. The Labute approximate surface area is 161 Å². The minimum absolute atomic E-state index is 0.172. The van der Waals surface area contributed by atoms with E-state index in [2.05, 4.69) is 44.3 Å². The van der Waals surface area contributed by atoms with Crippen molar-refractivity contribution in [2.75, 3.05) is 6.54 Å². The van der Waals surface area contributed by atoms with Gasteiger partial charge in [-0.25, -0.2) is 0 Å². The third-order valence-corrected chi connectivity index (χ3v) is 5.90. The molecular weight excluding hydrogens is 356 g/mol. The number of likely N-dealkylation sites (tertiary alicyclic amines) is 1. The molecule has 5 rings (SSSR count). The lowest BCUT2D eigenvalue weighted by atomic mass is 10.00. The lowest BCUT2D eigenvalue weighted by Crippen LogP contribution is -2.33. The normalized spacial score (nSPS) is 18.1. The Kier molecular flexibility index (Phi) is 4.43. The monoisotopic (exact) mass is 376 g/mol. The van der Waals surface area contributed by atoms with Gasteiger partial charge >= 0.3 is 0 Å². The summed E-state index contributed by atoms with van der Waals surface area (Å²) in [5, 5.41) is 13.9. The van der Waals surface area contributed by atoms with E-state index >= 15 is 0 Å². The first-order valence-electron chi connectivity index (χ1n) is 9.31. The number of pyridine rings is 1. The Balaban J connectivity index is 1.44. The standard InChI is InChI=1S/C21H20N4OS/c1-2-6-18-17(5-1)15(8-10-22-18)13-25-11-4-3-7-19(25)21-24-23-20(26-21)16-9-12-27-14-16/h1-2,5-6,8-10,12,14,19H,3-4,7,11,13H2. The van der Waals surface area contributed by atoms with E-state index in [0.29, 0.717) is 5.89 Å². The number of nitrogens with zero attached hydrogens (tertiary/aromatic N) is 4. The fourth-order valence-electron chi connectivity index (χ4n) is 3.84. The molecule has 0 saturated carbocycles. The fraction of sp³-hybridized carbons (Fsp3) is 0.286. The highest BCUT2D eigenvalue weighted by Gasteiger charge is 2.29. The molecule has 4 aromatic rings. The molecule has 5 nitrogen and oxygen atoms in total. The number of hydrogen-bond donors (Lipinski definition) is 0. The smallest absolute Gasteiger partial charge is 0.248 e. The largest absolute Gasteiger partial charge is 0.419 e. The van der Waals surface area contributed by atoms with Crippen molar-refractivity contribution in [2.45, 2.75) is 31.8 Å². The molecule has 0 N–H and O–H groups in total. The van der Waals surface area contributed by atoms with Gasteiger partial charge in [0.2, 0.25) is 11.8 Å². The fourth-order valence-corrected chi connectivity index (χ4v) is 4.47. The van der Waals surface area contributed by atoms with Gasteiger partial charge in [-0.2, -0.15) is 11.3 Å². The van der Waals surface area contributed by atoms with E-state index in [0.717, 1.165) is 36.5 Å². The highest BCUT2D eigenvalue weighted by molar-refractivity contribution is 7.08. The highest BCUT2D eigenvalue weighted by Crippen LogP contribution is 2.34. The van der Waals surface area contributed by atoms with Gasteiger partial charge in [-0.1, -0.05) is 24.6 Å². The zero-order chi connectivity index (χ0) is 18.1. The van der Waals surface area contributed by atoms with Gasteiger partial charge in [-0.15, -0.1) is 10.2 Å². The first-order chi connectivity index (χ1) is 13.4. The third-order valence-electron chi connectivity index (χ3n) is 5.22. The maximum absolute atomic E-state index is 6.05. The Hall–Kier alpha value is -2.57. The van der Waals surface area contributed by atoms with Gasteiger partial charge < -0.3 is 4.42 Å². The van der Waals surface area contributed by atoms with Crippen LogP contribution in [0.15, 0.2) is 57.8 Å². The molecule has 0 aliphatic carbocycles. The number of piperidine rings is 1. The molecule has 0 spiro atoms. The van der Waals surface area contributed by atoms with Crippen molar-refractivity contribution in [3.63, 3.8) is 0 Å². The molecular formula is C21H20N4OS. The van der Waals surface area contributed by atoms with Crippen LogP contribution in [-0.2, 0) is 6.54 Å². The topological polar surface area (TPSA) is 55.1 Å². The predicted octanol–water partition coefficient (Wildman–Crippen LogP) is 5.07. The van der Waals surface area contributed by atoms with Crippen LogP contribution in [0.1, 0.15) is 36.8 Å². The van der Waals surface area contributed by atoms with E-state index in [1.165, 1.54) is 23.8 Å². The molecule has 0 bridgehead atoms. The van der Waals surface area contributed by atoms with Crippen LogP contribution in [0.3, 0.4) is 0 Å². The van der Waals surface area contributed by atoms with Crippen LogP contribution in [0.4, 0.5) is 0 Å². The maximum atomic E-state index is 6.05. The van der Waals surface area contributed by atoms with Gasteiger partial charge in [0.05, 0.1) is 11.6 Å². The van der Waals surface area contributed by atoms with E-state index < -0.39 is 0 Å². The van der Waals surface area contributed by atoms with Gasteiger partial charge in [0, 0.05) is 29.1 Å². The number of rotatable bonds is 4. The molecule has 27 heavy (non-hydrogen) atoms. The van der Waals surface area contributed by atoms with Gasteiger partial charge in [0.1, 0.15) is 0 Å². The second kappa shape index (κ2) is 7.21. The van der Waals surface area contributed by atoms with Crippen molar-refractivity contribution >= 4 is 22.2 Å². The number of para-hydroxylation sites is 1. The van der Waals surface area contributed by atoms with Crippen LogP contribution < -0.4 is 0 Å². The summed E-state index contributed by atoms with van der Waals surface area (Å²) in [6, 6.07) is 12.6. The molecule has 1 aromatic carbocycles. The summed E-state index contributed by atoms with van der Waals surface area (Å²) in [7, 11) is 0. The number of hydrogen-bond acceptors (Lipinski definition) is 6. The Bertz CT molecular complexity index is 1040. The molecule has 6 heteroatoms. The first kappa shape index (κ1) is 16.6. The second-order valence-corrected chi connectivity index (χ2v) is 7.71. The van der Waals surface area contributed by atoms with Crippen molar-refractivity contribution in [1.82, 2.24) is 20.1 Å². The lowest BCUT2D eigenvalue weighted by molar-refractivity contribution is 0.119. The molecule has 1 fully saturated rings. The molecule has 1 saturated heterocycles. The predicted molar refractivity (Wildman–Crippen MR) is 106 cm³/mol. The molecule has 1 atom stereocenters. The number of thiophene rings is 1. The molecule has 1 aliphatic heterocycles. The Morgan fingerprint density at radius 1 is 1.11 bits per heavy atom. The summed E-state index contributed by atoms with van der Waals surface area (Å²) in [5.74, 6) is 1.35. The zero-order valence-corrected chi connectivity index (χ0v) is 15.7. The van der Waals surface area contributed by atoms with Crippen LogP contribution >= 0.6 is 11.3 Å². The Morgan fingerprint density at radius 2 is 2.07 bits per heavy atom. The minimum atomic E-state index is 0.172. The van der Waals surface area contributed by atoms with E-state index in [9.17, 15) is 0 Å². The molecule has 4 heterocycles. The highest BCUT2D eigenvalue weighted by atomic mass is 32.1. The molecule has 3 aromatic heterocycles. The minimum Gasteiger partial charge on any atom is -0.419 e. The summed E-state index contributed by atoms with van der Waals surface area (Å²) in [5.41, 5.74) is 3.34. The van der Waals surface area contributed by atoms with E-state index in [1.807, 2.05) is 29.1 Å². The van der Waals surface area contributed by atoms with Crippen molar-refractivity contribution in [3.05, 3.63) is 64.8 Å². The van der Waals surface area contributed by atoms with Gasteiger partial charge in [0.25, 0.3) is 0 Å². The summed E-state index contributed by atoms with van der Waals surface area (Å²) in [4.78, 5) is 6.95. The lowest BCUT2D eigenvalue weighted by Gasteiger charge is -2.33. The first-order valence-corrected chi connectivity index (χ1v) is 10.3. The average Bonchev–Trinajstić information content (AvgIpc) is 3.41. The average molecular weight is 376 g/mol. The molecule has 0 amide bonds. The summed E-state index contributed by atoms with van der Waals surface area (Å²) in [6.07, 6.45) is 5.34. The Morgan fingerprint density at radius 3 is 3.00 bits per heavy atom. The summed E-state index contributed by atoms with van der Waals surface area (Å²) >= 11 is 1.64. The van der Waals surface area contributed by atoms with Crippen LogP contribution in [0, 0.1) is 0 Å². The van der Waals surface area contributed by atoms with Crippen molar-refractivity contribution in [2.24, 2.45) is 0 Å². The number of benzene rings is 1. The third kappa shape index (κ3) is 3.26. The molecule has 1 unspecified atom stereocenters. The summed E-state index contributed by atoms with van der Waals surface area (Å²) in [6.45, 7) is 1.90. The molecule has 0 radical (unpaired) electrons. The van der Waals surface area contributed by atoms with Crippen molar-refractivity contribution in [3.8, 4) is 11.5 Å². The molecule has 1 aliphatic rings. The van der Waals surface area contributed by atoms with Crippen molar-refractivity contribution < 1.29 is 4.42 Å². The van der Waals surface area contributed by atoms with E-state index in [1.54, 1.807) is 11.3 Å². The zero-order valence-electron chi connectivity index (χ0n) is 14.9. The second-order valence-electron chi connectivity index (χ2n) is 6.93. The number of aromatic nitrogens is 3. The van der Waals surface area contributed by atoms with Crippen LogP contribution in [-0.4, -0.2) is 26.6 Å². The van der Waals surface area contributed by atoms with Gasteiger partial charge in [0.15, 0.2) is 0 Å². The van der Waals surface area contributed by atoms with E-state index in [4.69, 9.17) is 4.42 Å². The van der Waals surface area contributed by atoms with Crippen LogP contribution in [0.2, 0.25) is 0 Å².